The molecule has 0 amide bonds. The minimum absolute atomic E-state index is 0.535. The van der Waals surface area contributed by atoms with Crippen molar-refractivity contribution in [3.8, 4) is 0 Å². The fourth-order valence-electron chi connectivity index (χ4n) is 1.54. The maximum atomic E-state index is 4.35. The smallest absolute Gasteiger partial charge is 0.231 e. The summed E-state index contributed by atoms with van der Waals surface area (Å²) in [7, 11) is 5.56. The lowest BCUT2D eigenvalue weighted by Gasteiger charge is -2.13. The Morgan fingerprint density at radius 3 is 2.45 bits per heavy atom. The molecule has 0 radical (unpaired) electrons. The van der Waals surface area contributed by atoms with Crippen molar-refractivity contribution in [2.75, 3.05) is 36.7 Å². The molecular formula is C13H19N7. The second kappa shape index (κ2) is 6.14. The van der Waals surface area contributed by atoms with Gasteiger partial charge in [0, 0.05) is 39.6 Å². The third-order valence-electron chi connectivity index (χ3n) is 2.67. The van der Waals surface area contributed by atoms with Crippen LogP contribution in [0.5, 0.6) is 0 Å². The molecule has 0 atom stereocenters. The van der Waals surface area contributed by atoms with Crippen LogP contribution in [0.2, 0.25) is 0 Å². The molecule has 2 aromatic rings. The van der Waals surface area contributed by atoms with Crippen molar-refractivity contribution in [3.63, 3.8) is 0 Å². The van der Waals surface area contributed by atoms with Crippen LogP contribution in [0, 0.1) is 6.92 Å². The number of nitrogens with one attached hydrogen (secondary N) is 2. The van der Waals surface area contributed by atoms with Crippen molar-refractivity contribution in [2.45, 2.75) is 13.5 Å². The Kier molecular flexibility index (Phi) is 4.29. The van der Waals surface area contributed by atoms with Gasteiger partial charge in [-0.2, -0.15) is 15.0 Å². The van der Waals surface area contributed by atoms with Crippen LogP contribution in [0.3, 0.4) is 0 Å². The normalized spacial score (nSPS) is 10.2. The summed E-state index contributed by atoms with van der Waals surface area (Å²) in [5.74, 6) is 1.68. The van der Waals surface area contributed by atoms with Gasteiger partial charge in [-0.3, -0.25) is 4.98 Å². The van der Waals surface area contributed by atoms with E-state index in [1.165, 1.54) is 0 Å². The summed E-state index contributed by atoms with van der Waals surface area (Å²) in [6.45, 7) is 2.58. The van der Waals surface area contributed by atoms with Gasteiger partial charge in [-0.25, -0.2) is 0 Å². The lowest BCUT2D eigenvalue weighted by Crippen LogP contribution is -2.16. The van der Waals surface area contributed by atoms with Gasteiger partial charge >= 0.3 is 0 Å². The van der Waals surface area contributed by atoms with Crippen LogP contribution >= 0.6 is 0 Å². The van der Waals surface area contributed by atoms with Crippen molar-refractivity contribution in [2.24, 2.45) is 0 Å². The average molecular weight is 273 g/mol. The molecule has 20 heavy (non-hydrogen) atoms. The Hall–Kier alpha value is -2.44. The third-order valence-corrected chi connectivity index (χ3v) is 2.67. The minimum atomic E-state index is 0.535. The second-order valence-electron chi connectivity index (χ2n) is 4.59. The van der Waals surface area contributed by atoms with E-state index >= 15 is 0 Å². The molecule has 7 heteroatoms. The number of hydrogen-bond donors (Lipinski definition) is 2. The van der Waals surface area contributed by atoms with E-state index < -0.39 is 0 Å². The van der Waals surface area contributed by atoms with Gasteiger partial charge in [-0.15, -0.1) is 0 Å². The van der Waals surface area contributed by atoms with Gasteiger partial charge in [-0.1, -0.05) is 6.07 Å². The van der Waals surface area contributed by atoms with Crippen LogP contribution in [0.4, 0.5) is 17.8 Å². The Balaban J connectivity index is 2.12. The first-order valence-electron chi connectivity index (χ1n) is 6.35. The molecule has 0 saturated heterocycles. The van der Waals surface area contributed by atoms with Crippen LogP contribution in [0.1, 0.15) is 11.3 Å². The second-order valence-corrected chi connectivity index (χ2v) is 4.59. The molecule has 0 saturated carbocycles. The van der Waals surface area contributed by atoms with E-state index in [1.807, 2.05) is 44.2 Å². The van der Waals surface area contributed by atoms with Crippen LogP contribution < -0.4 is 15.5 Å². The highest BCUT2D eigenvalue weighted by atomic mass is 15.3. The number of nitrogens with zero attached hydrogens (tertiary/aromatic N) is 5. The van der Waals surface area contributed by atoms with Crippen molar-refractivity contribution >= 4 is 17.8 Å². The number of hydrogen-bond acceptors (Lipinski definition) is 7. The lowest BCUT2D eigenvalue weighted by atomic mass is 10.2. The van der Waals surface area contributed by atoms with Gasteiger partial charge < -0.3 is 15.5 Å². The molecule has 0 fully saturated rings. The van der Waals surface area contributed by atoms with Gasteiger partial charge in [-0.05, 0) is 18.6 Å². The van der Waals surface area contributed by atoms with E-state index in [-0.39, 0.29) is 0 Å². The molecule has 7 nitrogen and oxygen atoms in total. The predicted molar refractivity (Wildman–Crippen MR) is 80.0 cm³/mol. The van der Waals surface area contributed by atoms with Crippen molar-refractivity contribution in [1.82, 2.24) is 19.9 Å². The first kappa shape index (κ1) is 14.0. The summed E-state index contributed by atoms with van der Waals surface area (Å²) in [6.07, 6.45) is 1.84. The summed E-state index contributed by atoms with van der Waals surface area (Å²) in [6, 6.07) is 4.01. The lowest BCUT2D eigenvalue weighted by molar-refractivity contribution is 0.942. The van der Waals surface area contributed by atoms with Gasteiger partial charge in [0.1, 0.15) is 0 Å². The Morgan fingerprint density at radius 2 is 1.85 bits per heavy atom. The van der Waals surface area contributed by atoms with Gasteiger partial charge in [0.25, 0.3) is 0 Å². The van der Waals surface area contributed by atoms with Crippen LogP contribution in [-0.4, -0.2) is 41.1 Å². The first-order valence-corrected chi connectivity index (χ1v) is 6.35. The standard InChI is InChI=1S/C13H19N7/c1-9-5-6-10(7-15-9)8-16-12-17-11(14-2)18-13(19-12)20(3)4/h5-7H,8H2,1-4H3,(H2,14,16,17,18,19). The predicted octanol–water partition coefficient (Wildman–Crippen LogP) is 1.29. The van der Waals surface area contributed by atoms with Gasteiger partial charge in [0.15, 0.2) is 0 Å². The zero-order valence-electron chi connectivity index (χ0n) is 12.2. The van der Waals surface area contributed by atoms with Crippen LogP contribution in [-0.2, 0) is 6.54 Å². The highest BCUT2D eigenvalue weighted by Gasteiger charge is 2.07. The molecule has 2 heterocycles. The number of aryl methyl sites for hydroxylation is 1. The molecule has 0 aromatic carbocycles. The van der Waals surface area contributed by atoms with Crippen molar-refractivity contribution in [3.05, 3.63) is 29.6 Å². The van der Waals surface area contributed by atoms with Crippen molar-refractivity contribution < 1.29 is 0 Å². The van der Waals surface area contributed by atoms with E-state index in [0.717, 1.165) is 11.3 Å². The summed E-state index contributed by atoms with van der Waals surface area (Å²) in [4.78, 5) is 19.0. The fourth-order valence-corrected chi connectivity index (χ4v) is 1.54. The maximum Gasteiger partial charge on any atom is 0.231 e. The van der Waals surface area contributed by atoms with Crippen LogP contribution in [0.25, 0.3) is 0 Å². The van der Waals surface area contributed by atoms with Gasteiger partial charge in [0.05, 0.1) is 0 Å². The molecule has 0 aliphatic rings. The van der Waals surface area contributed by atoms with Gasteiger partial charge in [0.2, 0.25) is 17.8 Å². The quantitative estimate of drug-likeness (QED) is 0.850. The summed E-state index contributed by atoms with van der Waals surface area (Å²) < 4.78 is 0. The van der Waals surface area contributed by atoms with Crippen LogP contribution in [0.15, 0.2) is 18.3 Å². The molecular weight excluding hydrogens is 254 g/mol. The topological polar surface area (TPSA) is 78.9 Å². The minimum Gasteiger partial charge on any atom is -0.357 e. The van der Waals surface area contributed by atoms with E-state index in [0.29, 0.717) is 24.4 Å². The molecule has 0 bridgehead atoms. The highest BCUT2D eigenvalue weighted by Crippen LogP contribution is 2.11. The largest absolute Gasteiger partial charge is 0.357 e. The molecule has 0 aliphatic carbocycles. The number of rotatable bonds is 5. The molecule has 2 aromatic heterocycles. The summed E-state index contributed by atoms with van der Waals surface area (Å²) in [5, 5.41) is 6.11. The number of anilines is 3. The van der Waals surface area contributed by atoms with E-state index in [4.69, 9.17) is 0 Å². The first-order chi connectivity index (χ1) is 9.58. The molecule has 106 valence electrons. The zero-order chi connectivity index (χ0) is 14.5. The maximum absolute atomic E-state index is 4.35. The molecule has 0 aliphatic heterocycles. The molecule has 2 rings (SSSR count). The number of pyridine rings is 1. The number of aromatic nitrogens is 4. The fraction of sp³-hybridized carbons (Fsp3) is 0.385. The van der Waals surface area contributed by atoms with Crippen molar-refractivity contribution in [1.29, 1.82) is 0 Å². The molecule has 0 unspecified atom stereocenters. The monoisotopic (exact) mass is 273 g/mol. The van der Waals surface area contributed by atoms with E-state index in [9.17, 15) is 0 Å². The Labute approximate surface area is 118 Å². The molecule has 2 N–H and O–H groups in total. The Morgan fingerprint density at radius 1 is 1.10 bits per heavy atom. The molecule has 0 spiro atoms. The Bertz CT molecular complexity index is 565. The average Bonchev–Trinajstić information content (AvgIpc) is 2.46. The summed E-state index contributed by atoms with van der Waals surface area (Å²) in [5.41, 5.74) is 2.08. The van der Waals surface area contributed by atoms with E-state index in [1.54, 1.807) is 7.05 Å². The zero-order valence-corrected chi connectivity index (χ0v) is 12.2. The SMILES string of the molecule is CNc1nc(NCc2ccc(C)nc2)nc(N(C)C)n1. The third kappa shape index (κ3) is 3.53. The highest BCUT2D eigenvalue weighted by molar-refractivity contribution is 5.42. The van der Waals surface area contributed by atoms with E-state index in [2.05, 4.69) is 30.6 Å². The summed E-state index contributed by atoms with van der Waals surface area (Å²) >= 11 is 0.